The first-order valence-corrected chi connectivity index (χ1v) is 11.7. The second kappa shape index (κ2) is 11.9. The number of hydrogen-bond acceptors (Lipinski definition) is 5. The van der Waals surface area contributed by atoms with Crippen LogP contribution in [0.2, 0.25) is 0 Å². The van der Waals surface area contributed by atoms with Crippen LogP contribution in [0, 0.1) is 0 Å². The van der Waals surface area contributed by atoms with E-state index in [4.69, 9.17) is 14.2 Å². The topological polar surface area (TPSA) is 85.9 Å². The Kier molecular flexibility index (Phi) is 8.19. The molecule has 4 aromatic rings. The number of hydrogen-bond donors (Lipinski definition) is 2. The molecule has 0 aliphatic carbocycles. The largest absolute Gasteiger partial charge is 0.490 e. The van der Waals surface area contributed by atoms with Gasteiger partial charge < -0.3 is 14.2 Å². The molecule has 4 aromatic carbocycles. The molecule has 4 rings (SSSR count). The third-order valence-corrected chi connectivity index (χ3v) is 5.78. The Morgan fingerprint density at radius 3 is 2.26 bits per heavy atom. The van der Waals surface area contributed by atoms with Crippen molar-refractivity contribution >= 4 is 38.5 Å². The Morgan fingerprint density at radius 2 is 1.43 bits per heavy atom. The molecular formula is C27H23BrN2O5. The lowest BCUT2D eigenvalue weighted by molar-refractivity contribution is -0.123. The number of amides is 2. The first kappa shape index (κ1) is 24.1. The van der Waals surface area contributed by atoms with Gasteiger partial charge in [0.15, 0.2) is 6.61 Å². The average Bonchev–Trinajstić information content (AvgIpc) is 2.90. The summed E-state index contributed by atoms with van der Waals surface area (Å²) in [6.07, 6.45) is 0. The van der Waals surface area contributed by atoms with Crippen molar-refractivity contribution in [1.29, 1.82) is 0 Å². The number of halogens is 1. The number of ether oxygens (including phenoxy) is 3. The Balaban J connectivity index is 1.22. The molecule has 0 saturated carbocycles. The van der Waals surface area contributed by atoms with E-state index < -0.39 is 11.8 Å². The molecule has 0 fully saturated rings. The van der Waals surface area contributed by atoms with Crippen LogP contribution in [0.5, 0.6) is 17.2 Å². The Bertz CT molecular complexity index is 1310. The zero-order valence-electron chi connectivity index (χ0n) is 18.7. The van der Waals surface area contributed by atoms with Gasteiger partial charge in [0.1, 0.15) is 30.5 Å². The molecule has 0 radical (unpaired) electrons. The fourth-order valence-electron chi connectivity index (χ4n) is 3.27. The van der Waals surface area contributed by atoms with Crippen molar-refractivity contribution in [2.75, 3.05) is 19.8 Å². The smallest absolute Gasteiger partial charge is 0.276 e. The van der Waals surface area contributed by atoms with Crippen LogP contribution in [-0.4, -0.2) is 31.6 Å². The summed E-state index contributed by atoms with van der Waals surface area (Å²) < 4.78 is 17.6. The fraction of sp³-hybridized carbons (Fsp3) is 0.111. The van der Waals surface area contributed by atoms with Crippen molar-refractivity contribution in [3.8, 4) is 17.2 Å². The minimum atomic E-state index is -0.496. The third kappa shape index (κ3) is 6.74. The monoisotopic (exact) mass is 534 g/mol. The van der Waals surface area contributed by atoms with Gasteiger partial charge in [0.25, 0.3) is 11.8 Å². The number of hydrazine groups is 1. The van der Waals surface area contributed by atoms with Gasteiger partial charge in [0, 0.05) is 5.56 Å². The molecule has 0 saturated heterocycles. The zero-order chi connectivity index (χ0) is 24.5. The third-order valence-electron chi connectivity index (χ3n) is 4.96. The maximum atomic E-state index is 12.4. The molecule has 0 unspecified atom stereocenters. The van der Waals surface area contributed by atoms with E-state index in [9.17, 15) is 9.59 Å². The lowest BCUT2D eigenvalue weighted by atomic mass is 10.1. The molecule has 0 bridgehead atoms. The van der Waals surface area contributed by atoms with Crippen molar-refractivity contribution in [3.63, 3.8) is 0 Å². The Morgan fingerprint density at radius 1 is 0.714 bits per heavy atom. The number of rotatable bonds is 9. The summed E-state index contributed by atoms with van der Waals surface area (Å²) in [5, 5.41) is 2.03. The van der Waals surface area contributed by atoms with Crippen molar-refractivity contribution in [2.24, 2.45) is 0 Å². The molecule has 0 spiro atoms. The summed E-state index contributed by atoms with van der Waals surface area (Å²) in [5.74, 6) is 0.841. The number of nitrogens with one attached hydrogen (secondary N) is 2. The van der Waals surface area contributed by atoms with E-state index >= 15 is 0 Å². The van der Waals surface area contributed by atoms with E-state index in [1.807, 2.05) is 60.7 Å². The summed E-state index contributed by atoms with van der Waals surface area (Å²) in [5.41, 5.74) is 5.08. The van der Waals surface area contributed by atoms with Gasteiger partial charge in [-0.1, -0.05) is 54.6 Å². The highest BCUT2D eigenvalue weighted by Crippen LogP contribution is 2.32. The molecule has 2 amide bonds. The van der Waals surface area contributed by atoms with Crippen LogP contribution >= 0.6 is 15.9 Å². The number of fused-ring (bicyclic) bond motifs is 1. The van der Waals surface area contributed by atoms with Crippen LogP contribution in [0.1, 0.15) is 10.4 Å². The molecule has 0 aliphatic rings. The van der Waals surface area contributed by atoms with Gasteiger partial charge >= 0.3 is 0 Å². The first-order chi connectivity index (χ1) is 17.1. The quantitative estimate of drug-likeness (QED) is 0.235. The van der Waals surface area contributed by atoms with E-state index in [0.29, 0.717) is 30.3 Å². The summed E-state index contributed by atoms with van der Waals surface area (Å²) in [4.78, 5) is 24.6. The van der Waals surface area contributed by atoms with Gasteiger partial charge in [-0.2, -0.15) is 0 Å². The van der Waals surface area contributed by atoms with Gasteiger partial charge in [0.05, 0.1) is 4.47 Å². The maximum absolute atomic E-state index is 12.4. The summed E-state index contributed by atoms with van der Waals surface area (Å²) in [6.45, 7) is 0.421. The molecular weight excluding hydrogens is 512 g/mol. The van der Waals surface area contributed by atoms with E-state index in [0.717, 1.165) is 21.0 Å². The number of para-hydroxylation sites is 1. The summed E-state index contributed by atoms with van der Waals surface area (Å²) in [6, 6.07) is 27.6. The van der Waals surface area contributed by atoms with Crippen molar-refractivity contribution in [2.45, 2.75) is 0 Å². The molecule has 0 heterocycles. The number of carbonyl (C=O) groups excluding carboxylic acids is 2. The minimum absolute atomic E-state index is 0.262. The fourth-order valence-corrected chi connectivity index (χ4v) is 3.87. The lowest BCUT2D eigenvalue weighted by Crippen LogP contribution is -2.43. The molecule has 0 aliphatic heterocycles. The van der Waals surface area contributed by atoms with Gasteiger partial charge in [-0.3, -0.25) is 20.4 Å². The molecule has 178 valence electrons. The van der Waals surface area contributed by atoms with E-state index in [1.165, 1.54) is 0 Å². The zero-order valence-corrected chi connectivity index (χ0v) is 20.3. The van der Waals surface area contributed by atoms with Gasteiger partial charge in [-0.15, -0.1) is 0 Å². The van der Waals surface area contributed by atoms with E-state index in [-0.39, 0.29) is 6.61 Å². The molecule has 2 N–H and O–H groups in total. The van der Waals surface area contributed by atoms with Crippen LogP contribution in [0.4, 0.5) is 0 Å². The van der Waals surface area contributed by atoms with E-state index in [1.54, 1.807) is 30.3 Å². The van der Waals surface area contributed by atoms with Crippen LogP contribution < -0.4 is 25.1 Å². The first-order valence-electron chi connectivity index (χ1n) is 10.9. The second-order valence-corrected chi connectivity index (χ2v) is 8.22. The normalized spacial score (nSPS) is 10.4. The number of carbonyl (C=O) groups is 2. The average molecular weight is 535 g/mol. The predicted octanol–water partition coefficient (Wildman–Crippen LogP) is 4.90. The van der Waals surface area contributed by atoms with Gasteiger partial charge in [-0.25, -0.2) is 0 Å². The van der Waals surface area contributed by atoms with Crippen molar-refractivity contribution in [1.82, 2.24) is 10.9 Å². The van der Waals surface area contributed by atoms with Crippen LogP contribution in [0.25, 0.3) is 10.8 Å². The van der Waals surface area contributed by atoms with Gasteiger partial charge in [0.2, 0.25) is 0 Å². The molecule has 35 heavy (non-hydrogen) atoms. The van der Waals surface area contributed by atoms with Crippen molar-refractivity contribution < 1.29 is 23.8 Å². The Labute approximate surface area is 211 Å². The standard InChI is InChI=1S/C27H23BrN2O5/c28-26-23-12-5-4-7-19(23)13-14-24(26)35-18-25(31)29-30-27(32)20-8-6-11-22(17-20)34-16-15-33-21-9-2-1-3-10-21/h1-14,17H,15-16,18H2,(H,29,31)(H,30,32). The predicted molar refractivity (Wildman–Crippen MR) is 137 cm³/mol. The summed E-state index contributed by atoms with van der Waals surface area (Å²) in [7, 11) is 0. The highest BCUT2D eigenvalue weighted by atomic mass is 79.9. The van der Waals surface area contributed by atoms with E-state index in [2.05, 4.69) is 26.8 Å². The molecule has 7 nitrogen and oxygen atoms in total. The van der Waals surface area contributed by atoms with Crippen LogP contribution in [0.15, 0.2) is 95.5 Å². The second-order valence-electron chi connectivity index (χ2n) is 7.43. The molecule has 0 atom stereocenters. The SMILES string of the molecule is O=C(COc1ccc2ccccc2c1Br)NNC(=O)c1cccc(OCCOc2ccccc2)c1. The molecule has 8 heteroatoms. The lowest BCUT2D eigenvalue weighted by Gasteiger charge is -2.12. The molecule has 0 aromatic heterocycles. The van der Waals surface area contributed by atoms with Crippen LogP contribution in [-0.2, 0) is 4.79 Å². The minimum Gasteiger partial charge on any atom is -0.490 e. The maximum Gasteiger partial charge on any atom is 0.276 e. The highest BCUT2D eigenvalue weighted by molar-refractivity contribution is 9.10. The Hall–Kier alpha value is -4.04. The van der Waals surface area contributed by atoms with Crippen molar-refractivity contribution in [3.05, 3.63) is 101 Å². The summed E-state index contributed by atoms with van der Waals surface area (Å²) >= 11 is 3.52. The van der Waals surface area contributed by atoms with Crippen LogP contribution in [0.3, 0.4) is 0 Å². The highest BCUT2D eigenvalue weighted by Gasteiger charge is 2.11. The van der Waals surface area contributed by atoms with Gasteiger partial charge in [-0.05, 0) is 63.1 Å². The number of benzene rings is 4.